The molecule has 204 valence electrons. The number of esters is 1. The van der Waals surface area contributed by atoms with Crippen molar-refractivity contribution in [3.63, 3.8) is 0 Å². The van der Waals surface area contributed by atoms with Crippen LogP contribution in [0.2, 0.25) is 0 Å². The van der Waals surface area contributed by atoms with Gasteiger partial charge in [0, 0.05) is 34.9 Å². The summed E-state index contributed by atoms with van der Waals surface area (Å²) in [6, 6.07) is 14.9. The highest BCUT2D eigenvalue weighted by Crippen LogP contribution is 2.55. The van der Waals surface area contributed by atoms with E-state index in [1.165, 1.54) is 6.26 Å². The van der Waals surface area contributed by atoms with Crippen LogP contribution in [-0.4, -0.2) is 62.3 Å². The van der Waals surface area contributed by atoms with E-state index in [1.807, 2.05) is 24.3 Å². The fourth-order valence-corrected chi connectivity index (χ4v) is 7.34. The molecule has 0 radical (unpaired) electrons. The van der Waals surface area contributed by atoms with E-state index in [4.69, 9.17) is 9.47 Å². The average molecular weight is 550 g/mol. The highest BCUT2D eigenvalue weighted by Gasteiger charge is 2.56. The molecule has 9 nitrogen and oxygen atoms in total. The predicted molar refractivity (Wildman–Crippen MR) is 146 cm³/mol. The molecule has 1 aromatic heterocycles. The van der Waals surface area contributed by atoms with Gasteiger partial charge in [-0.3, -0.25) is 4.79 Å². The first-order valence-electron chi connectivity index (χ1n) is 13.1. The normalized spacial score (nSPS) is 18.5. The number of carbonyl (C=O) groups excluding carboxylic acids is 2. The summed E-state index contributed by atoms with van der Waals surface area (Å²) in [5.41, 5.74) is 2.88. The summed E-state index contributed by atoms with van der Waals surface area (Å²) in [4.78, 5) is 28.9. The number of hydrogen-bond acceptors (Lipinski definition) is 7. The Kier molecular flexibility index (Phi) is 5.87. The largest absolute Gasteiger partial charge is 0.497 e. The van der Waals surface area contributed by atoms with Gasteiger partial charge in [0.05, 0.1) is 25.2 Å². The van der Waals surface area contributed by atoms with Gasteiger partial charge in [-0.15, -0.1) is 0 Å². The van der Waals surface area contributed by atoms with Gasteiger partial charge in [0.2, 0.25) is 0 Å². The van der Waals surface area contributed by atoms with Crippen LogP contribution in [-0.2, 0) is 25.4 Å². The molecule has 0 atom stereocenters. The summed E-state index contributed by atoms with van der Waals surface area (Å²) >= 11 is 0. The van der Waals surface area contributed by atoms with E-state index in [9.17, 15) is 18.0 Å². The van der Waals surface area contributed by atoms with Crippen LogP contribution in [0.5, 0.6) is 5.75 Å². The summed E-state index contributed by atoms with van der Waals surface area (Å²) in [5, 5.41) is 4.64. The Morgan fingerprint density at radius 3 is 2.18 bits per heavy atom. The predicted octanol–water partition coefficient (Wildman–Crippen LogP) is 3.83. The molecule has 1 aliphatic heterocycles. The Labute approximate surface area is 227 Å². The highest BCUT2D eigenvalue weighted by atomic mass is 32.2. The van der Waals surface area contributed by atoms with Crippen molar-refractivity contribution >= 4 is 27.4 Å². The molecule has 2 fully saturated rings. The molecule has 0 N–H and O–H groups in total. The minimum atomic E-state index is -3.11. The van der Waals surface area contributed by atoms with Gasteiger partial charge in [0.15, 0.2) is 5.69 Å². The van der Waals surface area contributed by atoms with Gasteiger partial charge in [-0.05, 0) is 74.6 Å². The van der Waals surface area contributed by atoms with Crippen LogP contribution in [0.1, 0.15) is 64.7 Å². The summed E-state index contributed by atoms with van der Waals surface area (Å²) in [5.74, 6) is 0.0258. The zero-order chi connectivity index (χ0) is 27.6. The Balaban J connectivity index is 1.41. The molecule has 0 bridgehead atoms. The number of hydrogen-bond donors (Lipinski definition) is 0. The SMILES string of the molecule is CCOC(=O)c1nn(-c2ccc(OC)cc2)c2c1C1(CC1)CN(c1ccc(C3(CS(C)(=O)=O)CC3)cc1)C2=O. The second kappa shape index (κ2) is 8.94. The molecular formula is C29H31N3O6S. The van der Waals surface area contributed by atoms with Crippen molar-refractivity contribution in [1.29, 1.82) is 0 Å². The zero-order valence-electron chi connectivity index (χ0n) is 22.3. The Morgan fingerprint density at radius 1 is 1.00 bits per heavy atom. The number of anilines is 1. The number of aromatic nitrogens is 2. The smallest absolute Gasteiger partial charge is 0.359 e. The molecule has 2 aliphatic carbocycles. The quantitative estimate of drug-likeness (QED) is 0.393. The number of fused-ring (bicyclic) bond motifs is 2. The number of rotatable bonds is 8. The Bertz CT molecular complexity index is 1570. The lowest BCUT2D eigenvalue weighted by Crippen LogP contribution is -2.44. The fraction of sp³-hybridized carbons (Fsp3) is 0.414. The summed E-state index contributed by atoms with van der Waals surface area (Å²) in [7, 11) is -1.53. The lowest BCUT2D eigenvalue weighted by atomic mass is 9.88. The van der Waals surface area contributed by atoms with Crippen molar-refractivity contribution in [2.24, 2.45) is 0 Å². The van der Waals surface area contributed by atoms with Crippen LogP contribution in [0.4, 0.5) is 5.69 Å². The van der Waals surface area contributed by atoms with Gasteiger partial charge in [-0.2, -0.15) is 5.10 Å². The second-order valence-corrected chi connectivity index (χ2v) is 13.1. The maximum absolute atomic E-state index is 14.1. The summed E-state index contributed by atoms with van der Waals surface area (Å²) < 4.78 is 36.1. The van der Waals surface area contributed by atoms with E-state index < -0.39 is 15.8 Å². The number of amides is 1. The molecule has 1 amide bonds. The molecule has 2 heterocycles. The van der Waals surface area contributed by atoms with Crippen molar-refractivity contribution in [1.82, 2.24) is 9.78 Å². The minimum Gasteiger partial charge on any atom is -0.497 e. The zero-order valence-corrected chi connectivity index (χ0v) is 23.1. The summed E-state index contributed by atoms with van der Waals surface area (Å²) in [6.07, 6.45) is 4.62. The van der Waals surface area contributed by atoms with E-state index >= 15 is 0 Å². The average Bonchev–Trinajstić information content (AvgIpc) is 3.83. The maximum Gasteiger partial charge on any atom is 0.359 e. The molecule has 1 spiro atoms. The molecule has 0 saturated heterocycles. The van der Waals surface area contributed by atoms with Crippen LogP contribution < -0.4 is 9.64 Å². The topological polar surface area (TPSA) is 108 Å². The van der Waals surface area contributed by atoms with Crippen LogP contribution in [0.15, 0.2) is 48.5 Å². The molecule has 2 aromatic carbocycles. The van der Waals surface area contributed by atoms with Gasteiger partial charge >= 0.3 is 5.97 Å². The van der Waals surface area contributed by atoms with Crippen molar-refractivity contribution in [2.45, 2.75) is 43.4 Å². The first kappa shape index (κ1) is 25.6. The van der Waals surface area contributed by atoms with Gasteiger partial charge in [-0.25, -0.2) is 17.9 Å². The first-order chi connectivity index (χ1) is 18.6. The fourth-order valence-electron chi connectivity index (χ4n) is 5.88. The van der Waals surface area contributed by atoms with Crippen LogP contribution in [0.25, 0.3) is 5.69 Å². The van der Waals surface area contributed by atoms with Gasteiger partial charge < -0.3 is 14.4 Å². The number of methoxy groups -OCH3 is 1. The first-order valence-corrected chi connectivity index (χ1v) is 15.2. The van der Waals surface area contributed by atoms with E-state index in [-0.39, 0.29) is 34.8 Å². The van der Waals surface area contributed by atoms with E-state index in [1.54, 1.807) is 47.9 Å². The maximum atomic E-state index is 14.1. The molecular weight excluding hydrogens is 518 g/mol. The Morgan fingerprint density at radius 2 is 1.64 bits per heavy atom. The standard InChI is InChI=1S/C29H31N3O6S/c1-4-38-27(34)24-23-25(32(30-24)21-9-11-22(37-2)12-10-21)26(33)31(17-28(23)13-14-28)20-7-5-19(6-8-20)29(15-16-29)18-39(3,35)36/h5-12H,4,13-18H2,1-3H3. The summed E-state index contributed by atoms with van der Waals surface area (Å²) in [6.45, 7) is 2.40. The molecule has 6 rings (SSSR count). The second-order valence-electron chi connectivity index (χ2n) is 11.0. The number of ether oxygens (including phenoxy) is 2. The number of carbonyl (C=O) groups is 2. The third-order valence-electron chi connectivity index (χ3n) is 8.15. The van der Waals surface area contributed by atoms with Crippen molar-refractivity contribution in [3.8, 4) is 11.4 Å². The van der Waals surface area contributed by atoms with Crippen LogP contribution in [0.3, 0.4) is 0 Å². The molecule has 10 heteroatoms. The van der Waals surface area contributed by atoms with Crippen molar-refractivity contribution in [2.75, 3.05) is 37.2 Å². The van der Waals surface area contributed by atoms with Crippen LogP contribution >= 0.6 is 0 Å². The monoisotopic (exact) mass is 549 g/mol. The molecule has 3 aliphatic rings. The minimum absolute atomic E-state index is 0.131. The van der Waals surface area contributed by atoms with Gasteiger partial charge in [0.25, 0.3) is 5.91 Å². The van der Waals surface area contributed by atoms with Crippen molar-refractivity contribution in [3.05, 3.63) is 71.0 Å². The van der Waals surface area contributed by atoms with Gasteiger partial charge in [0.1, 0.15) is 21.3 Å². The Hall–Kier alpha value is -3.66. The van der Waals surface area contributed by atoms with Crippen molar-refractivity contribution < 1.29 is 27.5 Å². The third kappa shape index (κ3) is 4.40. The van der Waals surface area contributed by atoms with Gasteiger partial charge in [-0.1, -0.05) is 12.1 Å². The van der Waals surface area contributed by atoms with Crippen LogP contribution in [0, 0.1) is 0 Å². The molecule has 0 unspecified atom stereocenters. The van der Waals surface area contributed by atoms with E-state index in [0.29, 0.717) is 29.2 Å². The molecule has 2 saturated carbocycles. The number of nitrogens with zero attached hydrogens (tertiary/aromatic N) is 3. The third-order valence-corrected chi connectivity index (χ3v) is 9.22. The van der Waals surface area contributed by atoms with E-state index in [2.05, 4.69) is 5.10 Å². The molecule has 3 aromatic rings. The number of benzene rings is 2. The number of sulfone groups is 1. The highest BCUT2D eigenvalue weighted by molar-refractivity contribution is 7.90. The van der Waals surface area contributed by atoms with E-state index in [0.717, 1.165) is 36.9 Å². The lowest BCUT2D eigenvalue weighted by molar-refractivity contribution is 0.0516. The lowest BCUT2D eigenvalue weighted by Gasteiger charge is -2.33. The molecule has 39 heavy (non-hydrogen) atoms.